The van der Waals surface area contributed by atoms with Crippen molar-refractivity contribution < 1.29 is 25.6 Å². The molecule has 3 rings (SSSR count). The van der Waals surface area contributed by atoms with Crippen molar-refractivity contribution in [3.63, 3.8) is 0 Å². The average Bonchev–Trinajstić information content (AvgIpc) is 2.94. The number of fused-ring (bicyclic) bond motifs is 1. The van der Waals surface area contributed by atoms with Crippen molar-refractivity contribution in [2.24, 2.45) is 5.92 Å². The van der Waals surface area contributed by atoms with E-state index in [1.807, 2.05) is 0 Å². The minimum atomic E-state index is -4.21. The minimum Gasteiger partial charge on any atom is -0.244 e. The molecule has 0 fully saturated rings. The summed E-state index contributed by atoms with van der Waals surface area (Å²) in [6.07, 6.45) is -1.83. The maximum Gasteiger partial charge on any atom is 0.267 e. The molecule has 0 aliphatic heterocycles. The van der Waals surface area contributed by atoms with Crippen molar-refractivity contribution in [3.8, 4) is 0 Å². The first-order valence-electron chi connectivity index (χ1n) is 7.80. The van der Waals surface area contributed by atoms with E-state index >= 15 is 0 Å². The first kappa shape index (κ1) is 19.3. The van der Waals surface area contributed by atoms with Crippen molar-refractivity contribution in [2.75, 3.05) is 0 Å². The highest BCUT2D eigenvalue weighted by molar-refractivity contribution is 8.13. The van der Waals surface area contributed by atoms with Gasteiger partial charge in [-0.25, -0.2) is 29.6 Å². The highest BCUT2D eigenvalue weighted by Crippen LogP contribution is 2.37. The Morgan fingerprint density at radius 1 is 1.15 bits per heavy atom. The number of aryl methyl sites for hydroxylation is 1. The molecule has 142 valence electrons. The molecule has 1 aromatic heterocycles. The summed E-state index contributed by atoms with van der Waals surface area (Å²) in [6, 6.07) is 5.98. The third-order valence-electron chi connectivity index (χ3n) is 4.56. The highest BCUT2D eigenvalue weighted by atomic mass is 35.7. The second-order valence-corrected chi connectivity index (χ2v) is 10.7. The Morgan fingerprint density at radius 3 is 2.31 bits per heavy atom. The highest BCUT2D eigenvalue weighted by Gasteiger charge is 2.36. The van der Waals surface area contributed by atoms with Gasteiger partial charge in [0.2, 0.25) is 6.43 Å². The zero-order valence-electron chi connectivity index (χ0n) is 13.7. The summed E-state index contributed by atoms with van der Waals surface area (Å²) in [5.74, 6) is -1.03. The standard InChI is InChI=1S/C16H16ClF2NO4S2/c1-10-2-5-12(6-3-10)26(23,24)20-9-15(25(17,21)22)13-7-4-11(16(18)19)8-14(13)20/h2-3,5-6,9,11,16H,4,7-8H2,1H3. The number of rotatable bonds is 4. The van der Waals surface area contributed by atoms with E-state index in [2.05, 4.69) is 0 Å². The summed E-state index contributed by atoms with van der Waals surface area (Å²) in [7, 11) is -2.91. The van der Waals surface area contributed by atoms with Crippen LogP contribution >= 0.6 is 10.7 Å². The predicted octanol–water partition coefficient (Wildman–Crippen LogP) is 3.33. The van der Waals surface area contributed by atoms with Crippen LogP contribution < -0.4 is 0 Å². The molecular formula is C16H16ClF2NO4S2. The molecule has 0 radical (unpaired) electrons. The molecule has 1 unspecified atom stereocenters. The minimum absolute atomic E-state index is 0.0298. The van der Waals surface area contributed by atoms with Crippen LogP contribution in [0.25, 0.3) is 0 Å². The molecule has 0 saturated heterocycles. The lowest BCUT2D eigenvalue weighted by Gasteiger charge is -2.23. The Balaban J connectivity index is 2.21. The average molecular weight is 424 g/mol. The summed E-state index contributed by atoms with van der Waals surface area (Å²) in [5, 5.41) is 0. The second-order valence-electron chi connectivity index (χ2n) is 6.31. The Labute approximate surface area is 155 Å². The largest absolute Gasteiger partial charge is 0.267 e. The van der Waals surface area contributed by atoms with Crippen LogP contribution in [0.15, 0.2) is 40.3 Å². The van der Waals surface area contributed by atoms with Crippen LogP contribution in [-0.4, -0.2) is 27.2 Å². The first-order valence-corrected chi connectivity index (χ1v) is 11.5. The van der Waals surface area contributed by atoms with Gasteiger partial charge in [0.15, 0.2) is 0 Å². The molecule has 2 aromatic rings. The van der Waals surface area contributed by atoms with Gasteiger partial charge >= 0.3 is 0 Å². The molecule has 0 N–H and O–H groups in total. The Kier molecular flexibility index (Phi) is 4.91. The molecular weight excluding hydrogens is 408 g/mol. The van der Waals surface area contributed by atoms with Crippen LogP contribution in [0.2, 0.25) is 0 Å². The lowest BCUT2D eigenvalue weighted by atomic mass is 9.88. The van der Waals surface area contributed by atoms with Gasteiger partial charge in [0, 0.05) is 28.5 Å². The number of nitrogens with zero attached hydrogens (tertiary/aromatic N) is 1. The lowest BCUT2D eigenvalue weighted by molar-refractivity contribution is 0.0687. The molecule has 1 aliphatic rings. The van der Waals surface area contributed by atoms with E-state index in [-0.39, 0.29) is 40.3 Å². The van der Waals surface area contributed by atoms with E-state index < -0.39 is 31.4 Å². The summed E-state index contributed by atoms with van der Waals surface area (Å²) in [5.41, 5.74) is 1.11. The van der Waals surface area contributed by atoms with E-state index in [1.165, 1.54) is 12.1 Å². The molecule has 0 spiro atoms. The van der Waals surface area contributed by atoms with Gasteiger partial charge in [0.1, 0.15) is 4.90 Å². The molecule has 0 bridgehead atoms. The number of aromatic nitrogens is 1. The van der Waals surface area contributed by atoms with E-state index in [9.17, 15) is 25.6 Å². The van der Waals surface area contributed by atoms with Gasteiger partial charge in [-0.3, -0.25) is 0 Å². The molecule has 1 atom stereocenters. The monoisotopic (exact) mass is 423 g/mol. The van der Waals surface area contributed by atoms with E-state index in [1.54, 1.807) is 19.1 Å². The lowest BCUT2D eigenvalue weighted by Crippen LogP contribution is -2.25. The first-order chi connectivity index (χ1) is 12.0. The fourth-order valence-electron chi connectivity index (χ4n) is 3.16. The fourth-order valence-corrected chi connectivity index (χ4v) is 5.80. The second kappa shape index (κ2) is 6.61. The Hall–Kier alpha value is -1.45. The van der Waals surface area contributed by atoms with Crippen LogP contribution in [0.4, 0.5) is 8.78 Å². The van der Waals surface area contributed by atoms with Crippen molar-refractivity contribution in [2.45, 2.75) is 42.4 Å². The third-order valence-corrected chi connectivity index (χ3v) is 7.65. The molecule has 10 heteroatoms. The van der Waals surface area contributed by atoms with E-state index in [4.69, 9.17) is 10.7 Å². The topological polar surface area (TPSA) is 73.2 Å². The van der Waals surface area contributed by atoms with Crippen LogP contribution in [0.3, 0.4) is 0 Å². The van der Waals surface area contributed by atoms with Crippen molar-refractivity contribution in [1.82, 2.24) is 3.97 Å². The molecule has 5 nitrogen and oxygen atoms in total. The number of halogens is 3. The van der Waals surface area contributed by atoms with Crippen LogP contribution in [0, 0.1) is 12.8 Å². The fraction of sp³-hybridized carbons (Fsp3) is 0.375. The molecule has 0 saturated carbocycles. The third kappa shape index (κ3) is 3.39. The smallest absolute Gasteiger partial charge is 0.244 e. The molecule has 1 heterocycles. The quantitative estimate of drug-likeness (QED) is 0.707. The zero-order chi connectivity index (χ0) is 19.3. The number of alkyl halides is 2. The number of hydrogen-bond donors (Lipinski definition) is 0. The summed E-state index contributed by atoms with van der Waals surface area (Å²) < 4.78 is 76.7. The van der Waals surface area contributed by atoms with Crippen molar-refractivity contribution >= 4 is 29.8 Å². The van der Waals surface area contributed by atoms with Crippen LogP contribution in [0.5, 0.6) is 0 Å². The van der Waals surface area contributed by atoms with E-state index in [0.29, 0.717) is 0 Å². The van der Waals surface area contributed by atoms with Gasteiger partial charge in [-0.15, -0.1) is 0 Å². The van der Waals surface area contributed by atoms with Gasteiger partial charge in [0.05, 0.1) is 4.90 Å². The molecule has 0 amide bonds. The summed E-state index contributed by atoms with van der Waals surface area (Å²) in [4.78, 5) is -0.392. The van der Waals surface area contributed by atoms with Gasteiger partial charge in [-0.05, 0) is 43.9 Å². The predicted molar refractivity (Wildman–Crippen MR) is 92.8 cm³/mol. The summed E-state index contributed by atoms with van der Waals surface area (Å²) >= 11 is 0. The van der Waals surface area contributed by atoms with Crippen molar-refractivity contribution in [3.05, 3.63) is 47.3 Å². The summed E-state index contributed by atoms with van der Waals surface area (Å²) in [6.45, 7) is 1.79. The van der Waals surface area contributed by atoms with Gasteiger partial charge in [-0.1, -0.05) is 17.7 Å². The van der Waals surface area contributed by atoms with Crippen molar-refractivity contribution in [1.29, 1.82) is 0 Å². The van der Waals surface area contributed by atoms with Crippen LogP contribution in [-0.2, 0) is 31.9 Å². The van der Waals surface area contributed by atoms with E-state index in [0.717, 1.165) is 15.7 Å². The molecule has 26 heavy (non-hydrogen) atoms. The Bertz CT molecular complexity index is 1040. The normalized spacial score (nSPS) is 18.1. The van der Waals surface area contributed by atoms with Crippen LogP contribution in [0.1, 0.15) is 23.2 Å². The molecule has 1 aliphatic carbocycles. The SMILES string of the molecule is Cc1ccc(S(=O)(=O)n2cc(S(=O)(=O)Cl)c3c2CC(C(F)F)CC3)cc1. The van der Waals surface area contributed by atoms with Gasteiger partial charge < -0.3 is 0 Å². The Morgan fingerprint density at radius 2 is 1.77 bits per heavy atom. The number of hydrogen-bond acceptors (Lipinski definition) is 4. The number of benzene rings is 1. The van der Waals surface area contributed by atoms with Gasteiger partial charge in [-0.2, -0.15) is 0 Å². The maximum absolute atomic E-state index is 13.1. The molecule has 1 aromatic carbocycles. The zero-order valence-corrected chi connectivity index (χ0v) is 16.1. The maximum atomic E-state index is 13.1. The van der Waals surface area contributed by atoms with Gasteiger partial charge in [0.25, 0.3) is 19.1 Å².